The highest BCUT2D eigenvalue weighted by Crippen LogP contribution is 2.31. The molecule has 0 aromatic heterocycles. The highest BCUT2D eigenvalue weighted by Gasteiger charge is 2.35. The van der Waals surface area contributed by atoms with E-state index in [9.17, 15) is 22.8 Å². The Morgan fingerprint density at radius 2 is 2.00 bits per heavy atom. The fourth-order valence-corrected chi connectivity index (χ4v) is 2.49. The maximum Gasteiger partial charge on any atom is 0.417 e. The van der Waals surface area contributed by atoms with E-state index in [4.69, 9.17) is 0 Å². The highest BCUT2D eigenvalue weighted by molar-refractivity contribution is 5.97. The average molecular weight is 366 g/mol. The zero-order valence-corrected chi connectivity index (χ0v) is 13.8. The van der Waals surface area contributed by atoms with Crippen molar-refractivity contribution < 1.29 is 22.8 Å². The molecule has 1 fully saturated rings. The van der Waals surface area contributed by atoms with Crippen molar-refractivity contribution in [2.45, 2.75) is 19.1 Å². The largest absolute Gasteiger partial charge is 0.417 e. The minimum absolute atomic E-state index is 0. The van der Waals surface area contributed by atoms with Crippen LogP contribution in [-0.4, -0.2) is 48.9 Å². The Morgan fingerprint density at radius 3 is 2.62 bits per heavy atom. The minimum Gasteiger partial charge on any atom is -0.343 e. The highest BCUT2D eigenvalue weighted by atomic mass is 35.5. The van der Waals surface area contributed by atoms with Crippen LogP contribution in [0.5, 0.6) is 0 Å². The van der Waals surface area contributed by atoms with Crippen molar-refractivity contribution in [1.82, 2.24) is 15.5 Å². The molecular formula is C15H19ClF3N3O2. The molecule has 1 aromatic carbocycles. The lowest BCUT2D eigenvalue weighted by Crippen LogP contribution is -2.54. The van der Waals surface area contributed by atoms with Gasteiger partial charge < -0.3 is 15.5 Å². The molecule has 0 bridgehead atoms. The standard InChI is InChI=1S/C15H18F3N3O2.ClH/c1-10-8-19-6-7-21(10)13(22)9-20-14(23)11-4-2-3-5-12(11)15(16,17)18;/h2-5,10,19H,6-9H2,1H3,(H,20,23);1H/t10-;/m1./s1. The molecule has 0 aliphatic carbocycles. The topological polar surface area (TPSA) is 61.4 Å². The van der Waals surface area contributed by atoms with E-state index in [-0.39, 0.29) is 30.9 Å². The molecule has 134 valence electrons. The van der Waals surface area contributed by atoms with Gasteiger partial charge >= 0.3 is 6.18 Å². The Hall–Kier alpha value is -1.80. The van der Waals surface area contributed by atoms with E-state index in [2.05, 4.69) is 10.6 Å². The number of nitrogens with zero attached hydrogens (tertiary/aromatic N) is 1. The van der Waals surface area contributed by atoms with E-state index in [0.29, 0.717) is 19.6 Å². The maximum absolute atomic E-state index is 12.9. The molecule has 0 saturated carbocycles. The van der Waals surface area contributed by atoms with Crippen LogP contribution in [0, 0.1) is 0 Å². The second-order valence-corrected chi connectivity index (χ2v) is 5.37. The van der Waals surface area contributed by atoms with Gasteiger partial charge in [-0.05, 0) is 19.1 Å². The van der Waals surface area contributed by atoms with Crippen molar-refractivity contribution in [1.29, 1.82) is 0 Å². The first-order valence-corrected chi connectivity index (χ1v) is 7.25. The number of hydrogen-bond donors (Lipinski definition) is 2. The summed E-state index contributed by atoms with van der Waals surface area (Å²) in [6.45, 7) is 3.35. The van der Waals surface area contributed by atoms with Gasteiger partial charge in [0.2, 0.25) is 5.91 Å². The summed E-state index contributed by atoms with van der Waals surface area (Å²) in [5.74, 6) is -1.22. The summed E-state index contributed by atoms with van der Waals surface area (Å²) in [4.78, 5) is 25.7. The van der Waals surface area contributed by atoms with Crippen LogP contribution < -0.4 is 10.6 Å². The molecule has 0 spiro atoms. The van der Waals surface area contributed by atoms with Gasteiger partial charge in [-0.2, -0.15) is 13.2 Å². The number of piperazine rings is 1. The summed E-state index contributed by atoms with van der Waals surface area (Å²) in [5, 5.41) is 5.41. The third-order valence-corrected chi connectivity index (χ3v) is 3.70. The second-order valence-electron chi connectivity index (χ2n) is 5.37. The van der Waals surface area contributed by atoms with Crippen LogP contribution in [0.15, 0.2) is 24.3 Å². The monoisotopic (exact) mass is 365 g/mol. The van der Waals surface area contributed by atoms with Gasteiger partial charge in [0, 0.05) is 25.7 Å². The van der Waals surface area contributed by atoms with E-state index < -0.39 is 23.2 Å². The third kappa shape index (κ3) is 4.85. The summed E-state index contributed by atoms with van der Waals surface area (Å²) in [5.41, 5.74) is -1.50. The number of hydrogen-bond acceptors (Lipinski definition) is 3. The zero-order valence-electron chi connectivity index (χ0n) is 13.0. The molecule has 1 aromatic rings. The van der Waals surface area contributed by atoms with Gasteiger partial charge in [-0.1, -0.05) is 12.1 Å². The van der Waals surface area contributed by atoms with Crippen LogP contribution in [0.25, 0.3) is 0 Å². The maximum atomic E-state index is 12.9. The van der Waals surface area contributed by atoms with Crippen LogP contribution in [0.1, 0.15) is 22.8 Å². The van der Waals surface area contributed by atoms with Crippen molar-refractivity contribution in [3.05, 3.63) is 35.4 Å². The Bertz CT molecular complexity index is 596. The Kier molecular flexibility index (Phi) is 7.04. The number of halogens is 4. The van der Waals surface area contributed by atoms with Gasteiger partial charge in [0.25, 0.3) is 5.91 Å². The number of nitrogens with one attached hydrogen (secondary N) is 2. The first-order valence-electron chi connectivity index (χ1n) is 7.25. The molecule has 2 rings (SSSR count). The van der Waals surface area contributed by atoms with Gasteiger partial charge in [-0.3, -0.25) is 9.59 Å². The lowest BCUT2D eigenvalue weighted by atomic mass is 10.1. The number of carbonyl (C=O) groups is 2. The molecule has 24 heavy (non-hydrogen) atoms. The van der Waals surface area contributed by atoms with Crippen LogP contribution in [0.2, 0.25) is 0 Å². The predicted molar refractivity (Wildman–Crippen MR) is 85.1 cm³/mol. The molecule has 1 atom stereocenters. The van der Waals surface area contributed by atoms with Crippen LogP contribution >= 0.6 is 12.4 Å². The molecule has 1 aliphatic rings. The van der Waals surface area contributed by atoms with Crippen molar-refractivity contribution in [3.8, 4) is 0 Å². The molecule has 0 radical (unpaired) electrons. The van der Waals surface area contributed by atoms with Crippen LogP contribution in [0.3, 0.4) is 0 Å². The zero-order chi connectivity index (χ0) is 17.0. The normalized spacial score (nSPS) is 17.8. The summed E-state index contributed by atoms with van der Waals surface area (Å²) in [7, 11) is 0. The van der Waals surface area contributed by atoms with Crippen LogP contribution in [-0.2, 0) is 11.0 Å². The smallest absolute Gasteiger partial charge is 0.343 e. The van der Waals surface area contributed by atoms with Crippen LogP contribution in [0.4, 0.5) is 13.2 Å². The predicted octanol–water partition coefficient (Wildman–Crippen LogP) is 1.68. The minimum atomic E-state index is -4.62. The van der Waals surface area contributed by atoms with E-state index in [1.54, 1.807) is 4.90 Å². The molecule has 9 heteroatoms. The fraction of sp³-hybridized carbons (Fsp3) is 0.467. The summed E-state index contributed by atoms with van der Waals surface area (Å²) >= 11 is 0. The van der Waals surface area contributed by atoms with Gasteiger partial charge in [0.05, 0.1) is 17.7 Å². The number of rotatable bonds is 3. The van der Waals surface area contributed by atoms with E-state index in [0.717, 1.165) is 12.1 Å². The second kappa shape index (κ2) is 8.34. The first kappa shape index (κ1) is 20.2. The van der Waals surface area contributed by atoms with Gasteiger partial charge in [-0.15, -0.1) is 12.4 Å². The van der Waals surface area contributed by atoms with E-state index >= 15 is 0 Å². The fourth-order valence-electron chi connectivity index (χ4n) is 2.49. The Morgan fingerprint density at radius 1 is 1.33 bits per heavy atom. The molecule has 5 nitrogen and oxygen atoms in total. The van der Waals surface area contributed by atoms with Crippen molar-refractivity contribution >= 4 is 24.2 Å². The number of carbonyl (C=O) groups excluding carboxylic acids is 2. The van der Waals surface area contributed by atoms with Crippen molar-refractivity contribution in [3.63, 3.8) is 0 Å². The van der Waals surface area contributed by atoms with E-state index in [1.165, 1.54) is 12.1 Å². The molecule has 1 saturated heterocycles. The third-order valence-electron chi connectivity index (χ3n) is 3.70. The molecular weight excluding hydrogens is 347 g/mol. The summed E-state index contributed by atoms with van der Waals surface area (Å²) in [6.07, 6.45) is -4.62. The number of benzene rings is 1. The molecule has 1 heterocycles. The van der Waals surface area contributed by atoms with Crippen molar-refractivity contribution in [2.75, 3.05) is 26.2 Å². The molecule has 0 unspecified atom stereocenters. The SMILES string of the molecule is C[C@@H]1CNCCN1C(=O)CNC(=O)c1ccccc1C(F)(F)F.Cl. The van der Waals surface area contributed by atoms with Crippen molar-refractivity contribution in [2.24, 2.45) is 0 Å². The summed E-state index contributed by atoms with van der Waals surface area (Å²) in [6, 6.07) is 4.48. The molecule has 2 amide bonds. The molecule has 2 N–H and O–H groups in total. The molecule has 1 aliphatic heterocycles. The van der Waals surface area contributed by atoms with Gasteiger partial charge in [0.15, 0.2) is 0 Å². The lowest BCUT2D eigenvalue weighted by molar-refractivity contribution is -0.137. The lowest BCUT2D eigenvalue weighted by Gasteiger charge is -2.34. The Labute approximate surface area is 144 Å². The average Bonchev–Trinajstić information content (AvgIpc) is 2.52. The Balaban J connectivity index is 0.00000288. The quantitative estimate of drug-likeness (QED) is 0.856. The summed E-state index contributed by atoms with van der Waals surface area (Å²) < 4.78 is 38.7. The van der Waals surface area contributed by atoms with Gasteiger partial charge in [0.1, 0.15) is 0 Å². The number of alkyl halides is 3. The van der Waals surface area contributed by atoms with Gasteiger partial charge in [-0.25, -0.2) is 0 Å². The first-order chi connectivity index (χ1) is 10.8. The van der Waals surface area contributed by atoms with E-state index in [1.807, 2.05) is 6.92 Å². The number of amides is 2.